The summed E-state index contributed by atoms with van der Waals surface area (Å²) in [5.74, 6) is -1.14. The number of aromatic nitrogens is 1. The van der Waals surface area contributed by atoms with Gasteiger partial charge in [0.05, 0.1) is 23.2 Å². The molecular formula is C17H23FN2O3S. The quantitative estimate of drug-likeness (QED) is 0.880. The highest BCUT2D eigenvalue weighted by molar-refractivity contribution is 7.92. The van der Waals surface area contributed by atoms with Crippen molar-refractivity contribution in [1.82, 2.24) is 4.98 Å². The van der Waals surface area contributed by atoms with Gasteiger partial charge in [-0.15, -0.1) is 0 Å². The molecule has 5 nitrogen and oxygen atoms in total. The maximum atomic E-state index is 13.9. The summed E-state index contributed by atoms with van der Waals surface area (Å²) in [6.45, 7) is 1.45. The van der Waals surface area contributed by atoms with Gasteiger partial charge in [-0.2, -0.15) is 0 Å². The Balaban J connectivity index is 2.20. The van der Waals surface area contributed by atoms with Crippen LogP contribution in [0.4, 0.5) is 4.39 Å². The molecule has 1 amide bonds. The van der Waals surface area contributed by atoms with Gasteiger partial charge in [-0.1, -0.05) is 19.3 Å². The van der Waals surface area contributed by atoms with E-state index in [1.807, 2.05) is 0 Å². The molecule has 0 saturated heterocycles. The zero-order valence-electron chi connectivity index (χ0n) is 13.8. The number of hydrogen-bond donors (Lipinski definition) is 1. The Bertz CT molecular complexity index is 766. The molecule has 132 valence electrons. The smallest absolute Gasteiger partial charge is 0.250 e. The Hall–Kier alpha value is -1.50. The summed E-state index contributed by atoms with van der Waals surface area (Å²) in [6, 6.07) is 0. The summed E-state index contributed by atoms with van der Waals surface area (Å²) in [4.78, 5) is 16.1. The molecule has 1 aromatic rings. The number of primary amides is 1. The van der Waals surface area contributed by atoms with Crippen LogP contribution >= 0.6 is 0 Å². The van der Waals surface area contributed by atoms with E-state index in [1.165, 1.54) is 6.92 Å². The first-order valence-corrected chi connectivity index (χ1v) is 10.1. The molecular weight excluding hydrogens is 331 g/mol. The molecule has 1 aromatic heterocycles. The number of carbonyl (C=O) groups is 1. The number of nitrogens with two attached hydrogens (primary N) is 1. The van der Waals surface area contributed by atoms with Crippen molar-refractivity contribution in [2.45, 2.75) is 56.6 Å². The number of nitrogens with zero attached hydrogens (tertiary/aromatic N) is 1. The topological polar surface area (TPSA) is 90.1 Å². The minimum Gasteiger partial charge on any atom is -0.366 e. The van der Waals surface area contributed by atoms with Crippen LogP contribution in [-0.4, -0.2) is 25.1 Å². The molecule has 2 fully saturated rings. The summed E-state index contributed by atoms with van der Waals surface area (Å²) in [5.41, 5.74) is 5.65. The predicted octanol–water partition coefficient (Wildman–Crippen LogP) is 2.61. The molecule has 2 aliphatic carbocycles. The van der Waals surface area contributed by atoms with E-state index in [2.05, 4.69) is 4.98 Å². The standard InChI is InChI=1S/C17H23FN2O3S/c1-11-13(18)9-20-15(14(11)16(19)21)17(7-3-2-4-8-17)24(22,23)10-12-5-6-12/h9,12H,2-8,10H2,1H3,(H2,19,21). The molecule has 2 saturated carbocycles. The van der Waals surface area contributed by atoms with E-state index in [9.17, 15) is 17.6 Å². The van der Waals surface area contributed by atoms with E-state index >= 15 is 0 Å². The molecule has 0 spiro atoms. The fourth-order valence-electron chi connectivity index (χ4n) is 3.80. The van der Waals surface area contributed by atoms with Crippen LogP contribution in [0, 0.1) is 18.7 Å². The fourth-order valence-corrected chi connectivity index (χ4v) is 6.43. The second-order valence-electron chi connectivity index (χ2n) is 7.10. The number of hydrogen-bond acceptors (Lipinski definition) is 4. The largest absolute Gasteiger partial charge is 0.366 e. The van der Waals surface area contributed by atoms with Crippen molar-refractivity contribution in [2.24, 2.45) is 11.7 Å². The number of pyridine rings is 1. The molecule has 0 bridgehead atoms. The molecule has 3 rings (SSSR count). The lowest BCUT2D eigenvalue weighted by atomic mass is 9.83. The van der Waals surface area contributed by atoms with Gasteiger partial charge >= 0.3 is 0 Å². The lowest BCUT2D eigenvalue weighted by Gasteiger charge is -2.37. The third kappa shape index (κ3) is 2.83. The van der Waals surface area contributed by atoms with E-state index in [0.717, 1.165) is 38.3 Å². The molecule has 0 atom stereocenters. The van der Waals surface area contributed by atoms with Crippen LogP contribution in [0.15, 0.2) is 6.20 Å². The highest BCUT2D eigenvalue weighted by Crippen LogP contribution is 2.47. The van der Waals surface area contributed by atoms with Gasteiger partial charge in [-0.05, 0) is 38.5 Å². The van der Waals surface area contributed by atoms with E-state index in [4.69, 9.17) is 5.73 Å². The second-order valence-corrected chi connectivity index (χ2v) is 9.44. The van der Waals surface area contributed by atoms with Gasteiger partial charge in [0.2, 0.25) is 0 Å². The number of amides is 1. The van der Waals surface area contributed by atoms with Crippen LogP contribution in [0.2, 0.25) is 0 Å². The van der Waals surface area contributed by atoms with Crippen LogP contribution in [0.5, 0.6) is 0 Å². The minimum absolute atomic E-state index is 0.0590. The Labute approximate surface area is 141 Å². The third-order valence-electron chi connectivity index (χ3n) is 5.36. The highest BCUT2D eigenvalue weighted by Gasteiger charge is 2.50. The van der Waals surface area contributed by atoms with Gasteiger partial charge in [0.1, 0.15) is 10.6 Å². The normalized spacial score (nSPS) is 20.8. The zero-order valence-corrected chi connectivity index (χ0v) is 14.7. The lowest BCUT2D eigenvalue weighted by molar-refractivity contribution is 0.0996. The molecule has 7 heteroatoms. The van der Waals surface area contributed by atoms with Crippen molar-refractivity contribution in [3.63, 3.8) is 0 Å². The maximum absolute atomic E-state index is 13.9. The fraction of sp³-hybridized carbons (Fsp3) is 0.647. The van der Waals surface area contributed by atoms with Crippen molar-refractivity contribution in [3.05, 3.63) is 28.8 Å². The van der Waals surface area contributed by atoms with Crippen molar-refractivity contribution < 1.29 is 17.6 Å². The first-order chi connectivity index (χ1) is 11.3. The Morgan fingerprint density at radius 1 is 1.33 bits per heavy atom. The van der Waals surface area contributed by atoms with Gasteiger partial charge < -0.3 is 5.73 Å². The van der Waals surface area contributed by atoms with Gasteiger partial charge in [0, 0.05) is 5.56 Å². The van der Waals surface area contributed by atoms with Crippen molar-refractivity contribution in [1.29, 1.82) is 0 Å². The summed E-state index contributed by atoms with van der Waals surface area (Å²) in [6.07, 6.45) is 6.15. The number of sulfone groups is 1. The first kappa shape index (κ1) is 17.3. The van der Waals surface area contributed by atoms with E-state index in [-0.39, 0.29) is 28.5 Å². The van der Waals surface area contributed by atoms with E-state index in [0.29, 0.717) is 12.8 Å². The van der Waals surface area contributed by atoms with Gasteiger partial charge in [-0.3, -0.25) is 9.78 Å². The van der Waals surface area contributed by atoms with Gasteiger partial charge in [0.15, 0.2) is 9.84 Å². The molecule has 2 aliphatic rings. The molecule has 24 heavy (non-hydrogen) atoms. The average Bonchev–Trinajstić information content (AvgIpc) is 3.33. The monoisotopic (exact) mass is 354 g/mol. The van der Waals surface area contributed by atoms with E-state index < -0.39 is 26.3 Å². The summed E-state index contributed by atoms with van der Waals surface area (Å²) in [5, 5.41) is 0. The third-order valence-corrected chi connectivity index (χ3v) is 8.07. The van der Waals surface area contributed by atoms with Crippen molar-refractivity contribution >= 4 is 15.7 Å². The first-order valence-electron chi connectivity index (χ1n) is 8.46. The molecule has 0 aliphatic heterocycles. The number of rotatable bonds is 5. The maximum Gasteiger partial charge on any atom is 0.250 e. The highest BCUT2D eigenvalue weighted by atomic mass is 32.2. The Morgan fingerprint density at radius 3 is 2.50 bits per heavy atom. The molecule has 0 aromatic carbocycles. The Kier molecular flexibility index (Phi) is 4.40. The van der Waals surface area contributed by atoms with Crippen LogP contribution in [0.3, 0.4) is 0 Å². The minimum atomic E-state index is -3.51. The van der Waals surface area contributed by atoms with Crippen molar-refractivity contribution in [2.75, 3.05) is 5.75 Å². The van der Waals surface area contributed by atoms with Crippen LogP contribution in [0.25, 0.3) is 0 Å². The molecule has 2 N–H and O–H groups in total. The van der Waals surface area contributed by atoms with Crippen LogP contribution < -0.4 is 5.73 Å². The summed E-state index contributed by atoms with van der Waals surface area (Å²) >= 11 is 0. The average molecular weight is 354 g/mol. The molecule has 1 heterocycles. The Morgan fingerprint density at radius 2 is 1.96 bits per heavy atom. The lowest BCUT2D eigenvalue weighted by Crippen LogP contribution is -2.42. The van der Waals surface area contributed by atoms with E-state index in [1.54, 1.807) is 0 Å². The number of halogens is 1. The van der Waals surface area contributed by atoms with Crippen LogP contribution in [-0.2, 0) is 14.6 Å². The van der Waals surface area contributed by atoms with Crippen molar-refractivity contribution in [3.8, 4) is 0 Å². The predicted molar refractivity (Wildman–Crippen MR) is 88.7 cm³/mol. The molecule has 0 unspecified atom stereocenters. The van der Waals surface area contributed by atoms with Crippen LogP contribution in [0.1, 0.15) is 66.6 Å². The van der Waals surface area contributed by atoms with Gasteiger partial charge in [-0.25, -0.2) is 12.8 Å². The summed E-state index contributed by atoms with van der Waals surface area (Å²) < 4.78 is 39.2. The van der Waals surface area contributed by atoms with Gasteiger partial charge in [0.25, 0.3) is 5.91 Å². The molecule has 0 radical (unpaired) electrons. The summed E-state index contributed by atoms with van der Waals surface area (Å²) in [7, 11) is -3.51. The second kappa shape index (κ2) is 6.10. The SMILES string of the molecule is Cc1c(F)cnc(C2(S(=O)(=O)CC3CC3)CCCCC2)c1C(N)=O. The zero-order chi connectivity index (χ0) is 17.5. The number of carbonyl (C=O) groups excluding carboxylic acids is 1.